The molecule has 0 aromatic heterocycles. The summed E-state index contributed by atoms with van der Waals surface area (Å²) in [5, 5.41) is 8.09. The van der Waals surface area contributed by atoms with Crippen molar-refractivity contribution in [3.05, 3.63) is 33.8 Å². The molecule has 9 heteroatoms. The molecule has 0 spiro atoms. The molecule has 5 atom stereocenters. The lowest BCUT2D eigenvalue weighted by atomic mass is 10.0. The zero-order valence-corrected chi connectivity index (χ0v) is 18.2. The summed E-state index contributed by atoms with van der Waals surface area (Å²) in [4.78, 5) is 18.8. The number of hydroxylamine groups is 2. The number of nitrogens with one attached hydrogen (secondary N) is 2. The summed E-state index contributed by atoms with van der Waals surface area (Å²) in [6.45, 7) is 4.25. The highest BCUT2D eigenvalue weighted by Crippen LogP contribution is 2.29. The van der Waals surface area contributed by atoms with Crippen LogP contribution >= 0.6 is 23.2 Å². The molecular weight excluding hydrogens is 415 g/mol. The van der Waals surface area contributed by atoms with Crippen molar-refractivity contribution < 1.29 is 14.4 Å². The number of carbonyl (C=O) groups is 1. The van der Waals surface area contributed by atoms with Crippen LogP contribution in [0.2, 0.25) is 10.0 Å². The maximum Gasteiger partial charge on any atom is 0.240 e. The van der Waals surface area contributed by atoms with E-state index in [4.69, 9.17) is 32.8 Å². The summed E-state index contributed by atoms with van der Waals surface area (Å²) in [5.41, 5.74) is 4.44. The van der Waals surface area contributed by atoms with E-state index in [2.05, 4.69) is 22.7 Å². The standard InChI is InChI=1S/C20H28Cl2N4O3/c1-12-16(10-23-26(12)11-13-5-6-14(21)15(22)8-13)24-20(27)17-9-19(29-25(17)2)18-4-3-7-28-18/h5-6,8,12,16-19,23H,3-4,7,9-11H2,1-2H3,(H,24,27). The van der Waals surface area contributed by atoms with Gasteiger partial charge in [0.2, 0.25) is 5.91 Å². The number of hydrogen-bond donors (Lipinski definition) is 2. The van der Waals surface area contributed by atoms with Crippen molar-refractivity contribution in [2.75, 3.05) is 20.2 Å². The molecule has 160 valence electrons. The quantitative estimate of drug-likeness (QED) is 0.729. The minimum absolute atomic E-state index is 0.00281. The molecular formula is C20H28Cl2N4O3. The molecule has 3 saturated heterocycles. The Balaban J connectivity index is 1.31. The molecule has 3 fully saturated rings. The molecule has 3 aliphatic heterocycles. The first-order valence-corrected chi connectivity index (χ1v) is 10.9. The van der Waals surface area contributed by atoms with Crippen LogP contribution in [0.4, 0.5) is 0 Å². The Morgan fingerprint density at radius 3 is 2.86 bits per heavy atom. The number of likely N-dealkylation sites (N-methyl/N-ethyl adjacent to an activating group) is 1. The van der Waals surface area contributed by atoms with Gasteiger partial charge in [0.1, 0.15) is 12.1 Å². The van der Waals surface area contributed by atoms with Gasteiger partial charge in [0, 0.05) is 39.2 Å². The van der Waals surface area contributed by atoms with Crippen molar-refractivity contribution in [3.8, 4) is 0 Å². The fraction of sp³-hybridized carbons (Fsp3) is 0.650. The molecule has 2 N–H and O–H groups in total. The van der Waals surface area contributed by atoms with E-state index in [0.717, 1.165) is 25.0 Å². The average molecular weight is 443 g/mol. The maximum atomic E-state index is 12.9. The Morgan fingerprint density at radius 2 is 2.14 bits per heavy atom. The smallest absolute Gasteiger partial charge is 0.240 e. The molecule has 4 rings (SSSR count). The number of carbonyl (C=O) groups excluding carboxylic acids is 1. The lowest BCUT2D eigenvalue weighted by Gasteiger charge is -2.25. The Labute approximate surface area is 181 Å². The molecule has 5 unspecified atom stereocenters. The first-order valence-electron chi connectivity index (χ1n) is 10.2. The summed E-state index contributed by atoms with van der Waals surface area (Å²) in [6, 6.07) is 5.50. The highest BCUT2D eigenvalue weighted by molar-refractivity contribution is 6.42. The van der Waals surface area contributed by atoms with Gasteiger partial charge in [0.05, 0.1) is 22.2 Å². The summed E-state index contributed by atoms with van der Waals surface area (Å²) < 4.78 is 5.73. The summed E-state index contributed by atoms with van der Waals surface area (Å²) in [6.07, 6.45) is 2.78. The Bertz CT molecular complexity index is 746. The zero-order chi connectivity index (χ0) is 20.5. The third-order valence-corrected chi connectivity index (χ3v) is 6.87. The fourth-order valence-corrected chi connectivity index (χ4v) is 4.64. The molecule has 1 aromatic rings. The van der Waals surface area contributed by atoms with Crippen LogP contribution in [0.15, 0.2) is 18.2 Å². The van der Waals surface area contributed by atoms with E-state index in [1.54, 1.807) is 11.1 Å². The third-order valence-electron chi connectivity index (χ3n) is 6.13. The number of halogens is 2. The molecule has 29 heavy (non-hydrogen) atoms. The summed E-state index contributed by atoms with van der Waals surface area (Å²) >= 11 is 12.1. The van der Waals surface area contributed by atoms with E-state index in [9.17, 15) is 4.79 Å². The molecule has 0 bridgehead atoms. The van der Waals surface area contributed by atoms with Gasteiger partial charge < -0.3 is 10.1 Å². The van der Waals surface area contributed by atoms with Crippen molar-refractivity contribution in [1.82, 2.24) is 20.8 Å². The Hall–Kier alpha value is -0.930. The van der Waals surface area contributed by atoms with Gasteiger partial charge in [0.25, 0.3) is 0 Å². The van der Waals surface area contributed by atoms with Gasteiger partial charge in [-0.1, -0.05) is 29.3 Å². The van der Waals surface area contributed by atoms with Gasteiger partial charge in [-0.2, -0.15) is 5.06 Å². The number of hydrogen-bond acceptors (Lipinski definition) is 6. The predicted molar refractivity (Wildman–Crippen MR) is 111 cm³/mol. The molecule has 0 radical (unpaired) electrons. The third kappa shape index (κ3) is 4.71. The van der Waals surface area contributed by atoms with Crippen LogP contribution in [0.3, 0.4) is 0 Å². The number of nitrogens with zero attached hydrogens (tertiary/aromatic N) is 2. The van der Waals surface area contributed by atoms with Gasteiger partial charge in [-0.15, -0.1) is 0 Å². The van der Waals surface area contributed by atoms with Crippen LogP contribution in [0.5, 0.6) is 0 Å². The van der Waals surface area contributed by atoms with Crippen LogP contribution in [0.1, 0.15) is 31.7 Å². The highest BCUT2D eigenvalue weighted by atomic mass is 35.5. The van der Waals surface area contributed by atoms with Gasteiger partial charge in [-0.05, 0) is 37.5 Å². The van der Waals surface area contributed by atoms with E-state index >= 15 is 0 Å². The van der Waals surface area contributed by atoms with Gasteiger partial charge in [0.15, 0.2) is 0 Å². The monoisotopic (exact) mass is 442 g/mol. The largest absolute Gasteiger partial charge is 0.375 e. The second kappa shape index (κ2) is 9.06. The summed E-state index contributed by atoms with van der Waals surface area (Å²) in [7, 11) is 1.83. The topological polar surface area (TPSA) is 66.1 Å². The predicted octanol–water partition coefficient (Wildman–Crippen LogP) is 2.37. The number of rotatable bonds is 5. The van der Waals surface area contributed by atoms with Crippen LogP contribution in [-0.2, 0) is 20.9 Å². The van der Waals surface area contributed by atoms with E-state index in [-0.39, 0.29) is 36.2 Å². The second-order valence-electron chi connectivity index (χ2n) is 8.09. The summed E-state index contributed by atoms with van der Waals surface area (Å²) in [5.74, 6) is 0.00281. The first-order chi connectivity index (χ1) is 13.9. The lowest BCUT2D eigenvalue weighted by Crippen LogP contribution is -2.50. The normalized spacial score (nSPS) is 33.4. The van der Waals surface area contributed by atoms with Gasteiger partial charge >= 0.3 is 0 Å². The minimum atomic E-state index is -0.291. The molecule has 0 saturated carbocycles. The Kier molecular flexibility index (Phi) is 6.65. The van der Waals surface area contributed by atoms with E-state index in [1.807, 2.05) is 19.2 Å². The minimum Gasteiger partial charge on any atom is -0.375 e. The molecule has 7 nitrogen and oxygen atoms in total. The lowest BCUT2D eigenvalue weighted by molar-refractivity contribution is -0.175. The van der Waals surface area contributed by atoms with Gasteiger partial charge in [-0.25, -0.2) is 5.01 Å². The van der Waals surface area contributed by atoms with Crippen LogP contribution in [0, 0.1) is 0 Å². The van der Waals surface area contributed by atoms with Crippen molar-refractivity contribution in [1.29, 1.82) is 0 Å². The van der Waals surface area contributed by atoms with E-state index in [1.165, 1.54) is 0 Å². The number of hydrazine groups is 1. The van der Waals surface area contributed by atoms with Crippen molar-refractivity contribution in [3.63, 3.8) is 0 Å². The van der Waals surface area contributed by atoms with Crippen molar-refractivity contribution in [2.24, 2.45) is 0 Å². The van der Waals surface area contributed by atoms with E-state index < -0.39 is 0 Å². The SMILES string of the molecule is CC1C(NC(=O)C2CC(C3CCCO3)ON2C)CNN1Cc1ccc(Cl)c(Cl)c1. The number of benzene rings is 1. The number of amides is 1. The molecule has 1 aromatic carbocycles. The number of ether oxygens (including phenoxy) is 1. The molecule has 0 aliphatic carbocycles. The molecule has 3 heterocycles. The van der Waals surface area contributed by atoms with E-state index in [0.29, 0.717) is 29.6 Å². The van der Waals surface area contributed by atoms with Crippen molar-refractivity contribution >= 4 is 29.1 Å². The van der Waals surface area contributed by atoms with Crippen LogP contribution in [0.25, 0.3) is 0 Å². The van der Waals surface area contributed by atoms with Gasteiger partial charge in [-0.3, -0.25) is 15.1 Å². The average Bonchev–Trinajstić information content (AvgIpc) is 3.41. The molecule has 1 amide bonds. The first kappa shape index (κ1) is 21.3. The maximum absolute atomic E-state index is 12.9. The Morgan fingerprint density at radius 1 is 1.31 bits per heavy atom. The van der Waals surface area contributed by atoms with Crippen LogP contribution in [-0.4, -0.2) is 66.5 Å². The molecule has 3 aliphatic rings. The van der Waals surface area contributed by atoms with Crippen molar-refractivity contribution in [2.45, 2.75) is 63.1 Å². The van der Waals surface area contributed by atoms with Crippen LogP contribution < -0.4 is 10.7 Å². The fourth-order valence-electron chi connectivity index (χ4n) is 4.32. The highest BCUT2D eigenvalue weighted by Gasteiger charge is 2.42. The second-order valence-corrected chi connectivity index (χ2v) is 8.90. The zero-order valence-electron chi connectivity index (χ0n) is 16.7.